The Morgan fingerprint density at radius 1 is 1.28 bits per heavy atom. The average molecular weight is 353 g/mol. The van der Waals surface area contributed by atoms with Gasteiger partial charge in [0, 0.05) is 13.0 Å². The molecule has 0 unspecified atom stereocenters. The third-order valence-electron chi connectivity index (χ3n) is 5.51. The highest BCUT2D eigenvalue weighted by Crippen LogP contribution is 2.49. The van der Waals surface area contributed by atoms with Gasteiger partial charge >= 0.3 is 6.61 Å². The van der Waals surface area contributed by atoms with Crippen molar-refractivity contribution in [3.8, 4) is 11.5 Å². The van der Waals surface area contributed by atoms with Crippen LogP contribution in [0.25, 0.3) is 0 Å². The number of carbonyl (C=O) groups excluding carboxylic acids is 1. The number of amides is 1. The lowest BCUT2D eigenvalue weighted by molar-refractivity contribution is -0.122. The fourth-order valence-corrected chi connectivity index (χ4v) is 4.34. The van der Waals surface area contributed by atoms with E-state index in [9.17, 15) is 13.6 Å². The summed E-state index contributed by atoms with van der Waals surface area (Å²) in [5, 5.41) is 2.97. The van der Waals surface area contributed by atoms with Crippen molar-refractivity contribution in [3.05, 3.63) is 23.8 Å². The quantitative estimate of drug-likeness (QED) is 0.774. The molecule has 1 amide bonds. The largest absolute Gasteiger partial charge is 0.493 e. The molecule has 0 heterocycles. The molecule has 0 spiro atoms. The molecule has 6 heteroatoms. The fraction of sp³-hybridized carbons (Fsp3) is 0.632. The topological polar surface area (TPSA) is 47.6 Å². The van der Waals surface area contributed by atoms with Crippen molar-refractivity contribution in [1.82, 2.24) is 5.32 Å². The maximum absolute atomic E-state index is 12.3. The van der Waals surface area contributed by atoms with Crippen molar-refractivity contribution in [2.24, 2.45) is 17.8 Å². The SMILES string of the molecule is COc1cc(CCNC(=O)C[C@H]2C[C@@H]3CC[C@@H]2C3)ccc1OC(F)F. The molecule has 1 aromatic rings. The molecule has 0 aliphatic heterocycles. The lowest BCUT2D eigenvalue weighted by atomic mass is 9.86. The molecule has 0 aromatic heterocycles. The molecule has 2 fully saturated rings. The lowest BCUT2D eigenvalue weighted by Crippen LogP contribution is -2.29. The number of hydrogen-bond acceptors (Lipinski definition) is 3. The van der Waals surface area contributed by atoms with E-state index in [4.69, 9.17) is 4.74 Å². The van der Waals surface area contributed by atoms with Crippen LogP contribution in [0, 0.1) is 17.8 Å². The van der Waals surface area contributed by atoms with Crippen molar-refractivity contribution < 1.29 is 23.0 Å². The van der Waals surface area contributed by atoms with Gasteiger partial charge in [0.15, 0.2) is 11.5 Å². The van der Waals surface area contributed by atoms with Crippen LogP contribution in [0.2, 0.25) is 0 Å². The van der Waals surface area contributed by atoms with Crippen molar-refractivity contribution in [1.29, 1.82) is 0 Å². The summed E-state index contributed by atoms with van der Waals surface area (Å²) in [6, 6.07) is 4.85. The zero-order valence-electron chi connectivity index (χ0n) is 14.5. The van der Waals surface area contributed by atoms with Gasteiger partial charge in [0.2, 0.25) is 5.91 Å². The molecular formula is C19H25F2NO3. The molecule has 4 nitrogen and oxygen atoms in total. The van der Waals surface area contributed by atoms with Gasteiger partial charge in [-0.1, -0.05) is 12.5 Å². The monoisotopic (exact) mass is 353 g/mol. The summed E-state index contributed by atoms with van der Waals surface area (Å²) in [5.41, 5.74) is 0.902. The number of nitrogens with one attached hydrogen (secondary N) is 1. The van der Waals surface area contributed by atoms with Gasteiger partial charge in [-0.25, -0.2) is 0 Å². The summed E-state index contributed by atoms with van der Waals surface area (Å²) in [7, 11) is 1.41. The summed E-state index contributed by atoms with van der Waals surface area (Å²) in [6.07, 6.45) is 6.40. The molecule has 2 bridgehead atoms. The second-order valence-corrected chi connectivity index (χ2v) is 7.10. The number of fused-ring (bicyclic) bond motifs is 2. The van der Waals surface area contributed by atoms with Gasteiger partial charge in [0.25, 0.3) is 0 Å². The highest BCUT2D eigenvalue weighted by molar-refractivity contribution is 5.76. The van der Waals surface area contributed by atoms with Crippen LogP contribution in [0.5, 0.6) is 11.5 Å². The molecule has 0 radical (unpaired) electrons. The van der Waals surface area contributed by atoms with Crippen LogP contribution in [0.3, 0.4) is 0 Å². The molecular weight excluding hydrogens is 328 g/mol. The molecule has 1 aromatic carbocycles. The second-order valence-electron chi connectivity index (χ2n) is 7.10. The Labute approximate surface area is 146 Å². The molecule has 1 N–H and O–H groups in total. The number of hydrogen-bond donors (Lipinski definition) is 1. The third kappa shape index (κ3) is 4.61. The van der Waals surface area contributed by atoms with E-state index in [-0.39, 0.29) is 17.4 Å². The molecule has 2 saturated carbocycles. The van der Waals surface area contributed by atoms with Crippen molar-refractivity contribution in [2.45, 2.75) is 45.1 Å². The van der Waals surface area contributed by atoms with E-state index in [1.807, 2.05) is 0 Å². The maximum atomic E-state index is 12.3. The smallest absolute Gasteiger partial charge is 0.387 e. The van der Waals surface area contributed by atoms with E-state index in [0.29, 0.717) is 25.3 Å². The zero-order valence-corrected chi connectivity index (χ0v) is 14.5. The number of methoxy groups -OCH3 is 1. The minimum atomic E-state index is -2.88. The van der Waals surface area contributed by atoms with E-state index in [0.717, 1.165) is 17.4 Å². The highest BCUT2D eigenvalue weighted by Gasteiger charge is 2.39. The average Bonchev–Trinajstić information content (AvgIpc) is 3.18. The Morgan fingerprint density at radius 3 is 2.76 bits per heavy atom. The Bertz CT molecular complexity index is 608. The van der Waals surface area contributed by atoms with Gasteiger partial charge in [-0.05, 0) is 61.1 Å². The van der Waals surface area contributed by atoms with Gasteiger partial charge in [0.1, 0.15) is 0 Å². The summed E-state index contributed by atoms with van der Waals surface area (Å²) in [6.45, 7) is -2.36. The third-order valence-corrected chi connectivity index (χ3v) is 5.51. The standard InChI is InChI=1S/C19H25F2NO3/c1-24-17-10-12(3-5-16(17)25-19(20)21)6-7-22-18(23)11-15-9-13-2-4-14(15)8-13/h3,5,10,13-15,19H,2,4,6-9,11H2,1H3,(H,22,23)/t13-,14-,15-/m1/s1. The van der Waals surface area contributed by atoms with Crippen LogP contribution in [0.15, 0.2) is 18.2 Å². The minimum Gasteiger partial charge on any atom is -0.493 e. The maximum Gasteiger partial charge on any atom is 0.387 e. The van der Waals surface area contributed by atoms with Gasteiger partial charge < -0.3 is 14.8 Å². The van der Waals surface area contributed by atoms with E-state index in [1.54, 1.807) is 12.1 Å². The molecule has 2 aliphatic rings. The predicted octanol–water partition coefficient (Wildman–Crippen LogP) is 3.78. The van der Waals surface area contributed by atoms with E-state index in [1.165, 1.54) is 38.9 Å². The molecule has 2 aliphatic carbocycles. The number of halogens is 2. The highest BCUT2D eigenvalue weighted by atomic mass is 19.3. The Balaban J connectivity index is 1.44. The Morgan fingerprint density at radius 2 is 2.12 bits per heavy atom. The van der Waals surface area contributed by atoms with Gasteiger partial charge in [-0.3, -0.25) is 4.79 Å². The Hall–Kier alpha value is -1.85. The van der Waals surface area contributed by atoms with Crippen LogP contribution in [0.4, 0.5) is 8.78 Å². The summed E-state index contributed by atoms with van der Waals surface area (Å²) < 4.78 is 34.1. The van der Waals surface area contributed by atoms with E-state index < -0.39 is 6.61 Å². The van der Waals surface area contributed by atoms with Gasteiger partial charge in [-0.2, -0.15) is 8.78 Å². The van der Waals surface area contributed by atoms with Gasteiger partial charge in [-0.15, -0.1) is 0 Å². The molecule has 3 atom stereocenters. The number of rotatable bonds is 8. The first-order valence-electron chi connectivity index (χ1n) is 8.93. The van der Waals surface area contributed by atoms with Crippen molar-refractivity contribution in [3.63, 3.8) is 0 Å². The zero-order chi connectivity index (χ0) is 17.8. The van der Waals surface area contributed by atoms with E-state index >= 15 is 0 Å². The van der Waals surface area contributed by atoms with Crippen LogP contribution >= 0.6 is 0 Å². The number of alkyl halides is 2. The normalized spacial score (nSPS) is 24.6. The number of carbonyl (C=O) groups is 1. The second kappa shape index (κ2) is 8.02. The van der Waals surface area contributed by atoms with Crippen molar-refractivity contribution >= 4 is 5.91 Å². The van der Waals surface area contributed by atoms with Crippen LogP contribution in [-0.4, -0.2) is 26.2 Å². The Kier molecular flexibility index (Phi) is 5.76. The lowest BCUT2D eigenvalue weighted by Gasteiger charge is -2.20. The summed E-state index contributed by atoms with van der Waals surface area (Å²) >= 11 is 0. The summed E-state index contributed by atoms with van der Waals surface area (Å²) in [5.74, 6) is 2.56. The number of ether oxygens (including phenoxy) is 2. The molecule has 0 saturated heterocycles. The fourth-order valence-electron chi connectivity index (χ4n) is 4.34. The minimum absolute atomic E-state index is 0.0153. The first-order valence-corrected chi connectivity index (χ1v) is 8.93. The molecule has 25 heavy (non-hydrogen) atoms. The summed E-state index contributed by atoms with van der Waals surface area (Å²) in [4.78, 5) is 12.1. The van der Waals surface area contributed by atoms with Crippen LogP contribution in [-0.2, 0) is 11.2 Å². The van der Waals surface area contributed by atoms with Crippen LogP contribution in [0.1, 0.15) is 37.7 Å². The molecule has 3 rings (SSSR count). The first kappa shape index (κ1) is 18.0. The predicted molar refractivity (Wildman–Crippen MR) is 89.9 cm³/mol. The molecule has 138 valence electrons. The van der Waals surface area contributed by atoms with Gasteiger partial charge in [0.05, 0.1) is 7.11 Å². The van der Waals surface area contributed by atoms with E-state index in [2.05, 4.69) is 10.1 Å². The first-order chi connectivity index (χ1) is 12.0. The van der Waals surface area contributed by atoms with Crippen molar-refractivity contribution in [2.75, 3.05) is 13.7 Å². The number of benzene rings is 1. The van der Waals surface area contributed by atoms with Crippen LogP contribution < -0.4 is 14.8 Å².